The predicted octanol–water partition coefficient (Wildman–Crippen LogP) is 4.85. The summed E-state index contributed by atoms with van der Waals surface area (Å²) in [5.74, 6) is 0. The molecule has 1 fully saturated rings. The van der Waals surface area contributed by atoms with Crippen LogP contribution >= 0.6 is 0 Å². The van der Waals surface area contributed by atoms with Gasteiger partial charge in [0.2, 0.25) is 0 Å². The van der Waals surface area contributed by atoms with E-state index in [4.69, 9.17) is 13.6 Å². The Bertz CT molecular complexity index is 1500. The lowest BCUT2D eigenvalue weighted by molar-refractivity contribution is -0.173. The molecule has 44 heavy (non-hydrogen) atoms. The molecule has 1 aromatic heterocycles. The highest BCUT2D eigenvalue weighted by Crippen LogP contribution is 2.47. The van der Waals surface area contributed by atoms with Crippen LogP contribution in [-0.4, -0.2) is 55.7 Å². The van der Waals surface area contributed by atoms with Crippen molar-refractivity contribution in [3.63, 3.8) is 0 Å². The van der Waals surface area contributed by atoms with Crippen LogP contribution in [0, 0.1) is 6.92 Å². The maximum Gasteiger partial charge on any atom is 0.330 e. The van der Waals surface area contributed by atoms with Crippen molar-refractivity contribution in [1.29, 1.82) is 0 Å². The molecule has 10 heteroatoms. The van der Waals surface area contributed by atoms with Gasteiger partial charge in [0.1, 0.15) is 11.8 Å². The summed E-state index contributed by atoms with van der Waals surface area (Å²) >= 11 is 0. The number of hydrogen-bond donors (Lipinski definition) is 2. The van der Waals surface area contributed by atoms with Crippen molar-refractivity contribution in [1.82, 2.24) is 9.55 Å². The summed E-state index contributed by atoms with van der Waals surface area (Å²) in [6.07, 6.45) is -0.514. The van der Waals surface area contributed by atoms with Gasteiger partial charge in [-0.05, 0) is 47.4 Å². The molecule has 1 aliphatic rings. The smallest absolute Gasteiger partial charge is 0.330 e. The molecule has 0 saturated carbocycles. The summed E-state index contributed by atoms with van der Waals surface area (Å²) in [6, 6.07) is 20.7. The normalized spacial score (nSPS) is 22.2. The largest absolute Gasteiger partial charge is 0.411 e. The Hall–Kier alpha value is -2.61. The van der Waals surface area contributed by atoms with Crippen LogP contribution in [0.15, 0.2) is 76.4 Å². The van der Waals surface area contributed by atoms with E-state index in [1.54, 1.807) is 13.8 Å². The number of nitrogens with zero attached hydrogens (tertiary/aromatic N) is 1. The fourth-order valence-corrected chi connectivity index (χ4v) is 12.0. The van der Waals surface area contributed by atoms with E-state index < -0.39 is 51.9 Å². The van der Waals surface area contributed by atoms with Crippen LogP contribution in [0.2, 0.25) is 23.2 Å². The van der Waals surface area contributed by atoms with E-state index in [2.05, 4.69) is 83.9 Å². The Kier molecular flexibility index (Phi) is 9.58. The number of rotatable bonds is 9. The fraction of sp³-hybridized carbons (Fsp3) is 0.529. The molecule has 8 nitrogen and oxygen atoms in total. The van der Waals surface area contributed by atoms with Crippen molar-refractivity contribution < 1.29 is 18.7 Å². The highest BCUT2D eigenvalue weighted by molar-refractivity contribution is 6.99. The number of aliphatic hydroxyl groups excluding tert-OH is 1. The van der Waals surface area contributed by atoms with Crippen LogP contribution < -0.4 is 21.6 Å². The van der Waals surface area contributed by atoms with E-state index in [0.29, 0.717) is 12.0 Å². The summed E-state index contributed by atoms with van der Waals surface area (Å²) < 4.78 is 22.6. The molecular weight excluding hydrogens is 589 g/mol. The Labute approximate surface area is 263 Å². The van der Waals surface area contributed by atoms with E-state index >= 15 is 0 Å². The number of aryl methyl sites for hydroxylation is 1. The zero-order chi connectivity index (χ0) is 32.7. The third-order valence-corrected chi connectivity index (χ3v) is 19.1. The minimum Gasteiger partial charge on any atom is -0.411 e. The van der Waals surface area contributed by atoms with Crippen LogP contribution in [0.3, 0.4) is 0 Å². The number of aromatic amines is 1. The number of aromatic nitrogens is 2. The van der Waals surface area contributed by atoms with Gasteiger partial charge in [-0.3, -0.25) is 14.3 Å². The lowest BCUT2D eigenvalue weighted by atomic mass is 9.92. The first-order chi connectivity index (χ1) is 20.4. The second kappa shape index (κ2) is 12.3. The third kappa shape index (κ3) is 6.25. The average molecular weight is 639 g/mol. The number of hydrogen-bond acceptors (Lipinski definition) is 6. The zero-order valence-corrected chi connectivity index (χ0v) is 29.9. The summed E-state index contributed by atoms with van der Waals surface area (Å²) in [6.45, 7) is 20.9. The maximum absolute atomic E-state index is 13.0. The molecule has 0 bridgehead atoms. The van der Waals surface area contributed by atoms with Gasteiger partial charge in [0.25, 0.3) is 13.9 Å². The Morgan fingerprint density at radius 3 is 1.95 bits per heavy atom. The van der Waals surface area contributed by atoms with Gasteiger partial charge in [0.05, 0.1) is 18.8 Å². The molecule has 0 spiro atoms. The highest BCUT2D eigenvalue weighted by Gasteiger charge is 2.59. The molecule has 1 unspecified atom stereocenters. The number of aliphatic hydroxyl groups is 1. The topological polar surface area (TPSA) is 103 Å². The molecule has 240 valence electrons. The van der Waals surface area contributed by atoms with Crippen LogP contribution in [0.4, 0.5) is 0 Å². The van der Waals surface area contributed by atoms with Crippen LogP contribution in [0.1, 0.15) is 66.7 Å². The number of H-pyrrole nitrogens is 1. The summed E-state index contributed by atoms with van der Waals surface area (Å²) in [5, 5.41) is 13.5. The molecule has 0 radical (unpaired) electrons. The predicted molar refractivity (Wildman–Crippen MR) is 181 cm³/mol. The zero-order valence-electron chi connectivity index (χ0n) is 27.9. The Balaban J connectivity index is 1.89. The van der Waals surface area contributed by atoms with Crippen LogP contribution in [0.25, 0.3) is 0 Å². The molecule has 4 atom stereocenters. The number of ether oxygens (including phenoxy) is 1. The van der Waals surface area contributed by atoms with Crippen molar-refractivity contribution in [3.8, 4) is 0 Å². The standard InChI is InChI=1S/C34H50N2O6Si2/c1-24-22-36(31(39)35-30(24)38)29-21-28(42-43(9,10)32(3,4)5)34(41-29,25(2)37)23-40-44(33(6,7)8,26-17-13-11-14-18-26)27-19-15-12-16-20-27/h11-20,22,25,28-29,37H,21,23H2,1-10H3,(H,35,38,39)/t25?,28-,29+,34-/m0/s1. The maximum atomic E-state index is 13.0. The van der Waals surface area contributed by atoms with E-state index in [1.807, 2.05) is 36.4 Å². The van der Waals surface area contributed by atoms with Gasteiger partial charge in [0, 0.05) is 18.2 Å². The van der Waals surface area contributed by atoms with Gasteiger partial charge in [-0.2, -0.15) is 0 Å². The molecule has 2 heterocycles. The molecule has 0 aliphatic carbocycles. The molecule has 1 aliphatic heterocycles. The van der Waals surface area contributed by atoms with Gasteiger partial charge >= 0.3 is 5.69 Å². The van der Waals surface area contributed by atoms with Crippen molar-refractivity contribution >= 4 is 27.0 Å². The molecule has 2 aromatic carbocycles. The Morgan fingerprint density at radius 1 is 0.977 bits per heavy atom. The number of nitrogens with one attached hydrogen (secondary N) is 1. The molecule has 2 N–H and O–H groups in total. The molecule has 4 rings (SSSR count). The van der Waals surface area contributed by atoms with Gasteiger partial charge in [-0.1, -0.05) is 102 Å². The lowest BCUT2D eigenvalue weighted by Crippen LogP contribution is -2.69. The molecular formula is C34H50N2O6Si2. The quantitative estimate of drug-likeness (QED) is 0.325. The van der Waals surface area contributed by atoms with Crippen molar-refractivity contribution in [2.24, 2.45) is 0 Å². The van der Waals surface area contributed by atoms with E-state index in [9.17, 15) is 14.7 Å². The summed E-state index contributed by atoms with van der Waals surface area (Å²) in [4.78, 5) is 27.6. The molecule has 1 saturated heterocycles. The summed E-state index contributed by atoms with van der Waals surface area (Å²) in [5.41, 5.74) is -1.90. The fourth-order valence-electron chi connectivity index (χ4n) is 6.01. The van der Waals surface area contributed by atoms with Crippen molar-refractivity contribution in [2.75, 3.05) is 6.61 Å². The number of benzene rings is 2. The van der Waals surface area contributed by atoms with Gasteiger partial charge < -0.3 is 18.7 Å². The average Bonchev–Trinajstić information content (AvgIpc) is 3.29. The Morgan fingerprint density at radius 2 is 1.50 bits per heavy atom. The minimum atomic E-state index is -3.01. The SMILES string of the molecule is Cc1cn([C@H]2C[C@H](O[Si](C)(C)C(C)(C)C)[C@](CO[Si](c3ccccc3)(c3ccccc3)C(C)(C)C)(C(C)O)O2)c(=O)[nH]c1=O. The van der Waals surface area contributed by atoms with E-state index in [0.717, 1.165) is 10.4 Å². The summed E-state index contributed by atoms with van der Waals surface area (Å²) in [7, 11) is -5.40. The third-order valence-electron chi connectivity index (χ3n) is 9.65. The second-order valence-electron chi connectivity index (χ2n) is 14.7. The first-order valence-electron chi connectivity index (χ1n) is 15.5. The van der Waals surface area contributed by atoms with Crippen LogP contribution in [-0.2, 0) is 13.6 Å². The highest BCUT2D eigenvalue weighted by atomic mass is 28.4. The van der Waals surface area contributed by atoms with Gasteiger partial charge in [-0.15, -0.1) is 0 Å². The van der Waals surface area contributed by atoms with E-state index in [1.165, 1.54) is 10.8 Å². The monoisotopic (exact) mass is 638 g/mol. The minimum absolute atomic E-state index is 0.0465. The molecule has 0 amide bonds. The van der Waals surface area contributed by atoms with Crippen molar-refractivity contribution in [3.05, 3.63) is 93.3 Å². The first kappa shape index (κ1) is 34.3. The second-order valence-corrected chi connectivity index (χ2v) is 23.8. The first-order valence-corrected chi connectivity index (χ1v) is 20.3. The van der Waals surface area contributed by atoms with Crippen molar-refractivity contribution in [2.45, 2.75) is 109 Å². The molecule has 3 aromatic rings. The van der Waals surface area contributed by atoms with Gasteiger partial charge in [-0.25, -0.2) is 4.79 Å². The lowest BCUT2D eigenvalue weighted by Gasteiger charge is -2.48. The van der Waals surface area contributed by atoms with Gasteiger partial charge in [0.15, 0.2) is 8.32 Å². The van der Waals surface area contributed by atoms with E-state index in [-0.39, 0.29) is 16.7 Å². The van der Waals surface area contributed by atoms with Crippen LogP contribution in [0.5, 0.6) is 0 Å².